The highest BCUT2D eigenvalue weighted by Gasteiger charge is 2.10. The van der Waals surface area contributed by atoms with Crippen LogP contribution in [0, 0.1) is 0 Å². The van der Waals surface area contributed by atoms with Crippen LogP contribution in [0.5, 0.6) is 0 Å². The third kappa shape index (κ3) is 3.17. The maximum atomic E-state index is 12.0. The topological polar surface area (TPSA) is 68.1 Å². The van der Waals surface area contributed by atoms with Crippen molar-refractivity contribution in [3.8, 4) is 5.69 Å². The molecule has 0 aliphatic rings. The smallest absolute Gasteiger partial charge is 0.211 e. The Bertz CT molecular complexity index is 690. The molecule has 0 aliphatic heterocycles. The van der Waals surface area contributed by atoms with E-state index < -0.39 is 11.2 Å². The molecule has 0 bridgehead atoms. The Balaban J connectivity index is 2.40. The highest BCUT2D eigenvalue weighted by atomic mass is 16.1. The Morgan fingerprint density at radius 1 is 1.25 bits per heavy atom. The van der Waals surface area contributed by atoms with Crippen LogP contribution in [0.4, 0.5) is 0 Å². The fourth-order valence-corrected chi connectivity index (χ4v) is 1.51. The third-order valence-electron chi connectivity index (χ3n) is 2.49. The normalized spacial score (nSPS) is 10.7. The summed E-state index contributed by atoms with van der Waals surface area (Å²) in [5, 5.41) is 4.08. The van der Waals surface area contributed by atoms with Crippen LogP contribution in [0.25, 0.3) is 5.69 Å². The van der Waals surface area contributed by atoms with E-state index >= 15 is 0 Å². The van der Waals surface area contributed by atoms with E-state index in [2.05, 4.69) is 10.1 Å². The van der Waals surface area contributed by atoms with E-state index in [9.17, 15) is 9.59 Å². The van der Waals surface area contributed by atoms with Gasteiger partial charge in [0.15, 0.2) is 5.69 Å². The largest absolute Gasteiger partial charge is 0.383 e. The molecule has 0 spiro atoms. The Morgan fingerprint density at radius 3 is 2.60 bits per heavy atom. The predicted molar refractivity (Wildman–Crippen MR) is 74.8 cm³/mol. The van der Waals surface area contributed by atoms with Crippen molar-refractivity contribution in [2.24, 2.45) is 0 Å². The molecular weight excluding hydrogens is 256 g/mol. The lowest BCUT2D eigenvalue weighted by Crippen LogP contribution is -2.20. The molecule has 2 rings (SSSR count). The zero-order valence-corrected chi connectivity index (χ0v) is 11.2. The van der Waals surface area contributed by atoms with Crippen LogP contribution in [0.1, 0.15) is 10.5 Å². The number of pyridine rings is 1. The van der Waals surface area contributed by atoms with Crippen molar-refractivity contribution in [1.29, 1.82) is 0 Å². The highest BCUT2D eigenvalue weighted by Crippen LogP contribution is 2.02. The lowest BCUT2D eigenvalue weighted by molar-refractivity contribution is 0.103. The summed E-state index contributed by atoms with van der Waals surface area (Å²) in [4.78, 5) is 29.3. The van der Waals surface area contributed by atoms with Crippen LogP contribution in [0.3, 0.4) is 0 Å². The van der Waals surface area contributed by atoms with Crippen molar-refractivity contribution in [2.45, 2.75) is 0 Å². The molecule has 0 fully saturated rings. The highest BCUT2D eigenvalue weighted by molar-refractivity contribution is 6.02. The van der Waals surface area contributed by atoms with E-state index in [1.807, 2.05) is 0 Å². The Hall–Kier alpha value is -2.76. The Labute approximate surface area is 116 Å². The second kappa shape index (κ2) is 5.92. The maximum Gasteiger partial charge on any atom is 0.211 e. The molecule has 0 amide bonds. The summed E-state index contributed by atoms with van der Waals surface area (Å²) in [7, 11) is 3.58. The maximum absolute atomic E-state index is 12.0. The number of carbonyl (C=O) groups excluding carboxylic acids is 1. The summed E-state index contributed by atoms with van der Waals surface area (Å²) >= 11 is 0. The fourth-order valence-electron chi connectivity index (χ4n) is 1.51. The first-order valence-electron chi connectivity index (χ1n) is 5.97. The number of rotatable bonds is 4. The van der Waals surface area contributed by atoms with Gasteiger partial charge in [-0.25, -0.2) is 4.68 Å². The fraction of sp³-hybridized carbons (Fsp3) is 0.143. The average molecular weight is 270 g/mol. The first-order valence-corrected chi connectivity index (χ1v) is 5.97. The first-order chi connectivity index (χ1) is 9.58. The van der Waals surface area contributed by atoms with E-state index in [1.165, 1.54) is 23.0 Å². The quantitative estimate of drug-likeness (QED) is 0.609. The van der Waals surface area contributed by atoms with E-state index in [1.54, 1.807) is 49.7 Å². The molecule has 2 heterocycles. The van der Waals surface area contributed by atoms with Crippen molar-refractivity contribution in [3.05, 3.63) is 65.0 Å². The molecule has 0 radical (unpaired) electrons. The predicted octanol–water partition coefficient (Wildman–Crippen LogP) is 0.886. The van der Waals surface area contributed by atoms with Crippen LogP contribution in [0.2, 0.25) is 0 Å². The van der Waals surface area contributed by atoms with Crippen LogP contribution < -0.4 is 5.43 Å². The molecule has 0 atom stereocenters. The van der Waals surface area contributed by atoms with Crippen LogP contribution >= 0.6 is 0 Å². The second-order valence-electron chi connectivity index (χ2n) is 4.32. The molecular formula is C14H14N4O2. The summed E-state index contributed by atoms with van der Waals surface area (Å²) in [5.41, 5.74) is 0.219. The summed E-state index contributed by atoms with van der Waals surface area (Å²) < 4.78 is 1.47. The minimum absolute atomic E-state index is 0.109. The van der Waals surface area contributed by atoms with Gasteiger partial charge in [0, 0.05) is 51.0 Å². The monoisotopic (exact) mass is 270 g/mol. The van der Waals surface area contributed by atoms with E-state index in [-0.39, 0.29) is 5.69 Å². The average Bonchev–Trinajstić information content (AvgIpc) is 2.46. The number of hydrogen-bond donors (Lipinski definition) is 0. The summed E-state index contributed by atoms with van der Waals surface area (Å²) in [6.07, 6.45) is 7.64. The lowest BCUT2D eigenvalue weighted by atomic mass is 10.2. The van der Waals surface area contributed by atoms with Gasteiger partial charge in [0.05, 0.1) is 5.69 Å². The minimum atomic E-state index is -0.424. The zero-order valence-electron chi connectivity index (χ0n) is 11.2. The summed E-state index contributed by atoms with van der Waals surface area (Å²) in [5.74, 6) is -0.424. The van der Waals surface area contributed by atoms with Crippen molar-refractivity contribution in [2.75, 3.05) is 14.1 Å². The second-order valence-corrected chi connectivity index (χ2v) is 4.32. The van der Waals surface area contributed by atoms with Gasteiger partial charge in [-0.15, -0.1) is 0 Å². The minimum Gasteiger partial charge on any atom is -0.383 e. The van der Waals surface area contributed by atoms with Gasteiger partial charge in [0.25, 0.3) is 0 Å². The van der Waals surface area contributed by atoms with Gasteiger partial charge < -0.3 is 4.90 Å². The molecule has 6 heteroatoms. The first kappa shape index (κ1) is 13.7. The molecule has 2 aromatic heterocycles. The number of allylic oxidation sites excluding steroid dienone is 1. The van der Waals surface area contributed by atoms with E-state index in [0.29, 0.717) is 0 Å². The van der Waals surface area contributed by atoms with Gasteiger partial charge in [-0.1, -0.05) is 0 Å². The molecule has 0 saturated carbocycles. The van der Waals surface area contributed by atoms with Crippen LogP contribution in [0.15, 0.2) is 53.9 Å². The van der Waals surface area contributed by atoms with Gasteiger partial charge in [-0.05, 0) is 12.1 Å². The van der Waals surface area contributed by atoms with Gasteiger partial charge in [0.1, 0.15) is 0 Å². The molecule has 0 aromatic carbocycles. The van der Waals surface area contributed by atoms with Crippen LogP contribution in [-0.4, -0.2) is 39.5 Å². The summed E-state index contributed by atoms with van der Waals surface area (Å²) in [6, 6.07) is 4.80. The number of nitrogens with zero attached hydrogens (tertiary/aromatic N) is 4. The number of carbonyl (C=O) groups is 1. The molecule has 2 aromatic rings. The van der Waals surface area contributed by atoms with Gasteiger partial charge in [-0.2, -0.15) is 5.10 Å². The molecule has 0 unspecified atom stereocenters. The number of hydrogen-bond acceptors (Lipinski definition) is 5. The van der Waals surface area contributed by atoms with E-state index in [0.717, 1.165) is 5.69 Å². The van der Waals surface area contributed by atoms with Gasteiger partial charge in [-0.3, -0.25) is 14.6 Å². The Morgan fingerprint density at radius 2 is 1.95 bits per heavy atom. The molecule has 0 saturated heterocycles. The standard InChI is InChI=1S/C14H14N4O2/c1-17(2)9-5-12(19)14-13(20)6-10-18(16-14)11-3-7-15-8-4-11/h3-10H,1-2H3/b9-5+. The molecule has 20 heavy (non-hydrogen) atoms. The van der Waals surface area contributed by atoms with Gasteiger partial charge >= 0.3 is 0 Å². The molecule has 0 N–H and O–H groups in total. The van der Waals surface area contributed by atoms with Crippen molar-refractivity contribution >= 4 is 5.78 Å². The molecule has 6 nitrogen and oxygen atoms in total. The molecule has 0 aliphatic carbocycles. The third-order valence-corrected chi connectivity index (χ3v) is 2.49. The van der Waals surface area contributed by atoms with Gasteiger partial charge in [0.2, 0.25) is 11.2 Å². The Kier molecular flexibility index (Phi) is 4.05. The summed E-state index contributed by atoms with van der Waals surface area (Å²) in [6.45, 7) is 0. The number of aromatic nitrogens is 3. The zero-order chi connectivity index (χ0) is 14.5. The van der Waals surface area contributed by atoms with Crippen molar-refractivity contribution in [1.82, 2.24) is 19.7 Å². The molecule has 102 valence electrons. The van der Waals surface area contributed by atoms with Crippen molar-refractivity contribution in [3.63, 3.8) is 0 Å². The lowest BCUT2D eigenvalue weighted by Gasteiger charge is -2.06. The number of ketones is 1. The van der Waals surface area contributed by atoms with E-state index in [4.69, 9.17) is 0 Å². The van der Waals surface area contributed by atoms with Crippen LogP contribution in [-0.2, 0) is 0 Å². The van der Waals surface area contributed by atoms with Crippen molar-refractivity contribution < 1.29 is 4.79 Å². The SMILES string of the molecule is CN(C)/C=C/C(=O)c1nn(-c2ccncc2)ccc1=O.